The van der Waals surface area contributed by atoms with Crippen molar-refractivity contribution in [1.29, 1.82) is 0 Å². The first kappa shape index (κ1) is 16.8. The number of nitrogens with zero attached hydrogens (tertiary/aromatic N) is 2. The highest BCUT2D eigenvalue weighted by atomic mass is 32.1. The van der Waals surface area contributed by atoms with Crippen molar-refractivity contribution in [2.75, 3.05) is 33.4 Å². The maximum absolute atomic E-state index is 12.1. The molecule has 6 nitrogen and oxygen atoms in total. The molecule has 0 radical (unpaired) electrons. The third-order valence-corrected chi connectivity index (χ3v) is 5.41. The van der Waals surface area contributed by atoms with Crippen LogP contribution < -0.4 is 5.32 Å². The molecule has 0 spiro atoms. The van der Waals surface area contributed by atoms with E-state index in [1.807, 2.05) is 6.92 Å². The zero-order valence-electron chi connectivity index (χ0n) is 13.8. The highest BCUT2D eigenvalue weighted by Crippen LogP contribution is 2.33. The molecule has 0 bridgehead atoms. The van der Waals surface area contributed by atoms with Gasteiger partial charge < -0.3 is 14.8 Å². The number of likely N-dealkylation sites (tertiary alicyclic amines) is 1. The SMILES string of the molecule is COCCNC(=O)[C@H]1C[C@H]2CCN(Cc3csc(C)n3)C[C@H]2O1. The molecule has 0 aromatic carbocycles. The quantitative estimate of drug-likeness (QED) is 0.789. The molecule has 23 heavy (non-hydrogen) atoms. The number of rotatable bonds is 6. The van der Waals surface area contributed by atoms with Gasteiger partial charge in [0, 0.05) is 32.1 Å². The van der Waals surface area contributed by atoms with Gasteiger partial charge >= 0.3 is 0 Å². The Morgan fingerprint density at radius 2 is 2.48 bits per heavy atom. The minimum absolute atomic E-state index is 0.00174. The van der Waals surface area contributed by atoms with Gasteiger partial charge in [0.2, 0.25) is 5.91 Å². The van der Waals surface area contributed by atoms with E-state index in [0.29, 0.717) is 19.1 Å². The number of ether oxygens (including phenoxy) is 2. The van der Waals surface area contributed by atoms with Gasteiger partial charge in [-0.25, -0.2) is 4.98 Å². The number of hydrogen-bond acceptors (Lipinski definition) is 6. The summed E-state index contributed by atoms with van der Waals surface area (Å²) in [6, 6.07) is 0. The number of piperidine rings is 1. The van der Waals surface area contributed by atoms with Crippen LogP contribution in [0.15, 0.2) is 5.38 Å². The molecule has 2 aliphatic heterocycles. The van der Waals surface area contributed by atoms with Gasteiger partial charge in [0.25, 0.3) is 0 Å². The van der Waals surface area contributed by atoms with Crippen molar-refractivity contribution >= 4 is 17.2 Å². The van der Waals surface area contributed by atoms with E-state index in [-0.39, 0.29) is 18.1 Å². The fraction of sp³-hybridized carbons (Fsp3) is 0.750. The molecule has 3 atom stereocenters. The average molecular weight is 339 g/mol. The molecule has 7 heteroatoms. The van der Waals surface area contributed by atoms with E-state index in [1.54, 1.807) is 18.4 Å². The van der Waals surface area contributed by atoms with Crippen LogP contribution in [0.4, 0.5) is 0 Å². The lowest BCUT2D eigenvalue weighted by atomic mass is 9.91. The Kier molecular flexibility index (Phi) is 5.63. The van der Waals surface area contributed by atoms with Crippen molar-refractivity contribution in [3.05, 3.63) is 16.1 Å². The summed E-state index contributed by atoms with van der Waals surface area (Å²) in [6.45, 7) is 5.93. The molecular weight excluding hydrogens is 314 g/mol. The van der Waals surface area contributed by atoms with Gasteiger partial charge in [-0.2, -0.15) is 0 Å². The summed E-state index contributed by atoms with van der Waals surface area (Å²) in [5.74, 6) is 0.500. The van der Waals surface area contributed by atoms with Gasteiger partial charge in [0.15, 0.2) is 0 Å². The lowest BCUT2D eigenvalue weighted by Gasteiger charge is -2.33. The minimum Gasteiger partial charge on any atom is -0.383 e. The highest BCUT2D eigenvalue weighted by Gasteiger charge is 2.41. The molecular formula is C16H25N3O3S. The first-order chi connectivity index (χ1) is 11.2. The van der Waals surface area contributed by atoms with Gasteiger partial charge in [-0.15, -0.1) is 11.3 Å². The van der Waals surface area contributed by atoms with Crippen LogP contribution in [0.1, 0.15) is 23.5 Å². The monoisotopic (exact) mass is 339 g/mol. The predicted molar refractivity (Wildman–Crippen MR) is 88.4 cm³/mol. The van der Waals surface area contributed by atoms with Gasteiger partial charge in [-0.1, -0.05) is 0 Å². The second-order valence-electron chi connectivity index (χ2n) is 6.32. The second kappa shape index (κ2) is 7.70. The summed E-state index contributed by atoms with van der Waals surface area (Å²) >= 11 is 1.69. The summed E-state index contributed by atoms with van der Waals surface area (Å²) < 4.78 is 11.0. The van der Waals surface area contributed by atoms with E-state index in [0.717, 1.165) is 43.2 Å². The lowest BCUT2D eigenvalue weighted by molar-refractivity contribution is -0.133. The Labute approximate surface area is 141 Å². The van der Waals surface area contributed by atoms with Crippen molar-refractivity contribution in [3.63, 3.8) is 0 Å². The van der Waals surface area contributed by atoms with Crippen LogP contribution in [0.3, 0.4) is 0 Å². The number of carbonyl (C=O) groups excluding carboxylic acids is 1. The standard InChI is InChI=1S/C16H25N3O3S/c1-11-18-13(10-23-11)8-19-5-3-12-7-14(22-15(12)9-19)16(20)17-4-6-21-2/h10,12,14-15H,3-9H2,1-2H3,(H,17,20)/t12-,14-,15-/m1/s1. The van der Waals surface area contributed by atoms with Gasteiger partial charge in [-0.05, 0) is 32.2 Å². The summed E-state index contributed by atoms with van der Waals surface area (Å²) in [4.78, 5) is 19.1. The Morgan fingerprint density at radius 1 is 1.61 bits per heavy atom. The molecule has 0 aliphatic carbocycles. The number of methoxy groups -OCH3 is 1. The zero-order chi connectivity index (χ0) is 16.2. The van der Waals surface area contributed by atoms with Crippen LogP contribution in [0.2, 0.25) is 0 Å². The van der Waals surface area contributed by atoms with Crippen molar-refractivity contribution in [2.45, 2.75) is 38.5 Å². The third-order valence-electron chi connectivity index (χ3n) is 4.59. The molecule has 2 aliphatic rings. The molecule has 0 saturated carbocycles. The van der Waals surface area contributed by atoms with Gasteiger partial charge in [0.1, 0.15) is 6.10 Å². The molecule has 1 amide bonds. The van der Waals surface area contributed by atoms with Crippen LogP contribution in [-0.4, -0.2) is 61.3 Å². The van der Waals surface area contributed by atoms with E-state index in [1.165, 1.54) is 0 Å². The number of aromatic nitrogens is 1. The van der Waals surface area contributed by atoms with Crippen LogP contribution in [0, 0.1) is 12.8 Å². The average Bonchev–Trinajstić information content (AvgIpc) is 3.13. The maximum atomic E-state index is 12.1. The normalized spacial score (nSPS) is 27.8. The summed E-state index contributed by atoms with van der Waals surface area (Å²) in [6.07, 6.45) is 1.80. The fourth-order valence-corrected chi connectivity index (χ4v) is 4.01. The Balaban J connectivity index is 1.48. The molecule has 0 unspecified atom stereocenters. The summed E-state index contributed by atoms with van der Waals surface area (Å²) in [5, 5.41) is 6.12. The van der Waals surface area contributed by atoms with Crippen molar-refractivity contribution in [1.82, 2.24) is 15.2 Å². The number of nitrogens with one attached hydrogen (secondary N) is 1. The predicted octanol–water partition coefficient (Wildman–Crippen LogP) is 1.19. The molecule has 1 aromatic heterocycles. The first-order valence-corrected chi connectivity index (χ1v) is 9.09. The molecule has 128 valence electrons. The lowest BCUT2D eigenvalue weighted by Crippen LogP contribution is -2.42. The van der Waals surface area contributed by atoms with Crippen LogP contribution in [0.25, 0.3) is 0 Å². The van der Waals surface area contributed by atoms with Crippen LogP contribution in [0.5, 0.6) is 0 Å². The number of fused-ring (bicyclic) bond motifs is 1. The van der Waals surface area contributed by atoms with Gasteiger partial charge in [-0.3, -0.25) is 9.69 Å². The van der Waals surface area contributed by atoms with E-state index < -0.39 is 0 Å². The Bertz CT molecular complexity index is 536. The summed E-state index contributed by atoms with van der Waals surface area (Å²) in [5.41, 5.74) is 1.14. The highest BCUT2D eigenvalue weighted by molar-refractivity contribution is 7.09. The van der Waals surface area contributed by atoms with Crippen LogP contribution >= 0.6 is 11.3 Å². The molecule has 1 N–H and O–H groups in total. The smallest absolute Gasteiger partial charge is 0.249 e. The number of carbonyl (C=O) groups is 1. The molecule has 2 fully saturated rings. The molecule has 3 rings (SSSR count). The summed E-state index contributed by atoms with van der Waals surface area (Å²) in [7, 11) is 1.63. The van der Waals surface area contributed by atoms with Gasteiger partial charge in [0.05, 0.1) is 23.4 Å². The third kappa shape index (κ3) is 4.29. The Hall–Kier alpha value is -1.02. The molecule has 2 saturated heterocycles. The largest absolute Gasteiger partial charge is 0.383 e. The van der Waals surface area contributed by atoms with Crippen molar-refractivity contribution in [3.8, 4) is 0 Å². The van der Waals surface area contributed by atoms with E-state index in [4.69, 9.17) is 9.47 Å². The fourth-order valence-electron chi connectivity index (χ4n) is 3.41. The first-order valence-electron chi connectivity index (χ1n) is 8.21. The maximum Gasteiger partial charge on any atom is 0.249 e. The second-order valence-corrected chi connectivity index (χ2v) is 7.39. The number of aryl methyl sites for hydroxylation is 1. The van der Waals surface area contributed by atoms with E-state index in [9.17, 15) is 4.79 Å². The molecule has 1 aromatic rings. The van der Waals surface area contributed by atoms with Crippen molar-refractivity contribution < 1.29 is 14.3 Å². The zero-order valence-corrected chi connectivity index (χ0v) is 14.6. The number of amides is 1. The number of hydrogen-bond donors (Lipinski definition) is 1. The van der Waals surface area contributed by atoms with E-state index in [2.05, 4.69) is 20.6 Å². The van der Waals surface area contributed by atoms with Crippen molar-refractivity contribution in [2.24, 2.45) is 5.92 Å². The number of thiazole rings is 1. The minimum atomic E-state index is -0.302. The topological polar surface area (TPSA) is 63.7 Å². The van der Waals surface area contributed by atoms with Crippen LogP contribution in [-0.2, 0) is 20.8 Å². The molecule has 3 heterocycles. The Morgan fingerprint density at radius 3 is 3.22 bits per heavy atom. The van der Waals surface area contributed by atoms with E-state index >= 15 is 0 Å².